The summed E-state index contributed by atoms with van der Waals surface area (Å²) in [6.45, 7) is 3.86. The van der Waals surface area contributed by atoms with E-state index in [9.17, 15) is 9.18 Å². The summed E-state index contributed by atoms with van der Waals surface area (Å²) in [5.74, 6) is 0.715. The predicted octanol–water partition coefficient (Wildman–Crippen LogP) is 3.79. The standard InChI is InChI=1S/C19H22FNO3/c1-4-17(14-5-10-18(23-3)13(2)11-14)21-19(22)12-24-16-8-6-15(20)7-9-16/h5-11,17H,4,12H2,1-3H3,(H,21,22). The molecule has 1 unspecified atom stereocenters. The lowest BCUT2D eigenvalue weighted by atomic mass is 10.0. The molecular formula is C19H22FNO3. The average molecular weight is 331 g/mol. The number of nitrogens with one attached hydrogen (secondary N) is 1. The lowest BCUT2D eigenvalue weighted by Crippen LogP contribution is -2.32. The molecule has 24 heavy (non-hydrogen) atoms. The Labute approximate surface area is 141 Å². The first-order valence-electron chi connectivity index (χ1n) is 7.85. The second-order valence-corrected chi connectivity index (χ2v) is 5.50. The van der Waals surface area contributed by atoms with Gasteiger partial charge in [0.25, 0.3) is 5.91 Å². The van der Waals surface area contributed by atoms with Crippen LogP contribution in [0.4, 0.5) is 4.39 Å². The van der Waals surface area contributed by atoms with Crippen molar-refractivity contribution in [2.24, 2.45) is 0 Å². The Morgan fingerprint density at radius 2 is 1.92 bits per heavy atom. The van der Waals surface area contributed by atoms with Crippen molar-refractivity contribution in [3.63, 3.8) is 0 Å². The number of rotatable bonds is 7. The summed E-state index contributed by atoms with van der Waals surface area (Å²) < 4.78 is 23.5. The van der Waals surface area contributed by atoms with E-state index in [2.05, 4.69) is 5.32 Å². The third kappa shape index (κ3) is 4.72. The molecule has 2 aromatic carbocycles. The molecular weight excluding hydrogens is 309 g/mol. The maximum atomic E-state index is 12.8. The summed E-state index contributed by atoms with van der Waals surface area (Å²) in [6.07, 6.45) is 0.758. The molecule has 2 aromatic rings. The number of hydrogen-bond acceptors (Lipinski definition) is 3. The molecule has 0 aliphatic rings. The Hall–Kier alpha value is -2.56. The Morgan fingerprint density at radius 1 is 1.21 bits per heavy atom. The zero-order valence-electron chi connectivity index (χ0n) is 14.1. The van der Waals surface area contributed by atoms with Crippen LogP contribution >= 0.6 is 0 Å². The van der Waals surface area contributed by atoms with E-state index in [-0.39, 0.29) is 24.4 Å². The number of methoxy groups -OCH3 is 1. The fourth-order valence-electron chi connectivity index (χ4n) is 2.46. The van der Waals surface area contributed by atoms with Gasteiger partial charge in [0.05, 0.1) is 13.2 Å². The summed E-state index contributed by atoms with van der Waals surface area (Å²) in [7, 11) is 1.63. The van der Waals surface area contributed by atoms with E-state index in [1.54, 1.807) is 7.11 Å². The van der Waals surface area contributed by atoms with Gasteiger partial charge in [-0.05, 0) is 54.8 Å². The highest BCUT2D eigenvalue weighted by Crippen LogP contribution is 2.24. The normalized spacial score (nSPS) is 11.7. The zero-order chi connectivity index (χ0) is 17.5. The van der Waals surface area contributed by atoms with Crippen LogP contribution in [0.15, 0.2) is 42.5 Å². The van der Waals surface area contributed by atoms with Crippen molar-refractivity contribution >= 4 is 5.91 Å². The third-order valence-corrected chi connectivity index (χ3v) is 3.75. The molecule has 2 rings (SSSR count). The van der Waals surface area contributed by atoms with E-state index in [0.29, 0.717) is 5.75 Å². The van der Waals surface area contributed by atoms with Crippen molar-refractivity contribution in [1.29, 1.82) is 0 Å². The van der Waals surface area contributed by atoms with Crippen LogP contribution in [-0.4, -0.2) is 19.6 Å². The highest BCUT2D eigenvalue weighted by atomic mass is 19.1. The number of amides is 1. The Kier molecular flexibility index (Phi) is 6.18. The third-order valence-electron chi connectivity index (χ3n) is 3.75. The van der Waals surface area contributed by atoms with E-state index in [1.807, 2.05) is 32.0 Å². The smallest absolute Gasteiger partial charge is 0.258 e. The molecule has 128 valence electrons. The van der Waals surface area contributed by atoms with Gasteiger partial charge in [0.15, 0.2) is 6.61 Å². The summed E-state index contributed by atoms with van der Waals surface area (Å²) in [4.78, 5) is 12.1. The van der Waals surface area contributed by atoms with Crippen LogP contribution in [0, 0.1) is 12.7 Å². The van der Waals surface area contributed by atoms with Crippen molar-refractivity contribution in [3.05, 3.63) is 59.4 Å². The Morgan fingerprint density at radius 3 is 2.50 bits per heavy atom. The largest absolute Gasteiger partial charge is 0.496 e. The second kappa shape index (κ2) is 8.34. The van der Waals surface area contributed by atoms with Crippen molar-refractivity contribution < 1.29 is 18.7 Å². The molecule has 0 saturated heterocycles. The van der Waals surface area contributed by atoms with Gasteiger partial charge >= 0.3 is 0 Å². The van der Waals surface area contributed by atoms with Gasteiger partial charge in [0.1, 0.15) is 17.3 Å². The van der Waals surface area contributed by atoms with Crippen molar-refractivity contribution in [1.82, 2.24) is 5.32 Å². The molecule has 5 heteroatoms. The number of ether oxygens (including phenoxy) is 2. The van der Waals surface area contributed by atoms with Crippen LogP contribution in [-0.2, 0) is 4.79 Å². The van der Waals surface area contributed by atoms with Crippen molar-refractivity contribution in [2.75, 3.05) is 13.7 Å². The SMILES string of the molecule is CCC(NC(=O)COc1ccc(F)cc1)c1ccc(OC)c(C)c1. The van der Waals surface area contributed by atoms with Gasteiger partial charge in [-0.1, -0.05) is 19.1 Å². The van der Waals surface area contributed by atoms with Gasteiger partial charge in [0, 0.05) is 0 Å². The predicted molar refractivity (Wildman–Crippen MR) is 90.8 cm³/mol. The average Bonchev–Trinajstić information content (AvgIpc) is 2.59. The quantitative estimate of drug-likeness (QED) is 0.840. The van der Waals surface area contributed by atoms with E-state index in [1.165, 1.54) is 24.3 Å². The molecule has 0 aliphatic heterocycles. The van der Waals surface area contributed by atoms with E-state index >= 15 is 0 Å². The van der Waals surface area contributed by atoms with Crippen LogP contribution in [0.25, 0.3) is 0 Å². The van der Waals surface area contributed by atoms with Gasteiger partial charge < -0.3 is 14.8 Å². The van der Waals surface area contributed by atoms with E-state index < -0.39 is 0 Å². The van der Waals surface area contributed by atoms with Crippen LogP contribution in [0.5, 0.6) is 11.5 Å². The number of carbonyl (C=O) groups excluding carboxylic acids is 1. The number of aryl methyl sites for hydroxylation is 1. The molecule has 0 bridgehead atoms. The molecule has 0 spiro atoms. The Balaban J connectivity index is 1.95. The molecule has 0 saturated carbocycles. The highest BCUT2D eigenvalue weighted by Gasteiger charge is 2.14. The summed E-state index contributed by atoms with van der Waals surface area (Å²) in [6, 6.07) is 11.3. The van der Waals surface area contributed by atoms with Crippen LogP contribution in [0.3, 0.4) is 0 Å². The minimum Gasteiger partial charge on any atom is -0.496 e. The highest BCUT2D eigenvalue weighted by molar-refractivity contribution is 5.78. The molecule has 0 radical (unpaired) electrons. The first kappa shape index (κ1) is 17.8. The Bertz CT molecular complexity index is 686. The summed E-state index contributed by atoms with van der Waals surface area (Å²) in [5.41, 5.74) is 2.04. The number of halogens is 1. The topological polar surface area (TPSA) is 47.6 Å². The van der Waals surface area contributed by atoms with Gasteiger partial charge in [-0.3, -0.25) is 4.79 Å². The van der Waals surface area contributed by atoms with Crippen LogP contribution in [0.1, 0.15) is 30.5 Å². The zero-order valence-corrected chi connectivity index (χ0v) is 14.1. The van der Waals surface area contributed by atoms with E-state index in [4.69, 9.17) is 9.47 Å². The van der Waals surface area contributed by atoms with Gasteiger partial charge in [-0.2, -0.15) is 0 Å². The molecule has 1 N–H and O–H groups in total. The monoisotopic (exact) mass is 331 g/mol. The molecule has 1 amide bonds. The minimum atomic E-state index is -0.340. The fraction of sp³-hybridized carbons (Fsp3) is 0.316. The number of benzene rings is 2. The number of hydrogen-bond donors (Lipinski definition) is 1. The molecule has 0 aromatic heterocycles. The summed E-state index contributed by atoms with van der Waals surface area (Å²) in [5, 5.41) is 2.95. The minimum absolute atomic E-state index is 0.0982. The molecule has 0 heterocycles. The fourth-order valence-corrected chi connectivity index (χ4v) is 2.46. The first-order chi connectivity index (χ1) is 11.5. The first-order valence-corrected chi connectivity index (χ1v) is 7.85. The van der Waals surface area contributed by atoms with Gasteiger partial charge in [-0.15, -0.1) is 0 Å². The maximum Gasteiger partial charge on any atom is 0.258 e. The van der Waals surface area contributed by atoms with Gasteiger partial charge in [-0.25, -0.2) is 4.39 Å². The van der Waals surface area contributed by atoms with Crippen molar-refractivity contribution in [3.8, 4) is 11.5 Å². The molecule has 4 nitrogen and oxygen atoms in total. The van der Waals surface area contributed by atoms with Crippen LogP contribution < -0.4 is 14.8 Å². The molecule has 1 atom stereocenters. The maximum absolute atomic E-state index is 12.8. The van der Waals surface area contributed by atoms with Crippen LogP contribution in [0.2, 0.25) is 0 Å². The number of carbonyl (C=O) groups is 1. The molecule has 0 aliphatic carbocycles. The summed E-state index contributed by atoms with van der Waals surface area (Å²) >= 11 is 0. The lowest BCUT2D eigenvalue weighted by molar-refractivity contribution is -0.123. The van der Waals surface area contributed by atoms with E-state index in [0.717, 1.165) is 23.3 Å². The lowest BCUT2D eigenvalue weighted by Gasteiger charge is -2.19. The second-order valence-electron chi connectivity index (χ2n) is 5.50. The van der Waals surface area contributed by atoms with Crippen molar-refractivity contribution in [2.45, 2.75) is 26.3 Å². The molecule has 0 fully saturated rings. The van der Waals surface area contributed by atoms with Gasteiger partial charge in [0.2, 0.25) is 0 Å².